The molecule has 0 spiro atoms. The lowest BCUT2D eigenvalue weighted by atomic mass is 10.1. The second-order valence-corrected chi connectivity index (χ2v) is 4.00. The van der Waals surface area contributed by atoms with Crippen molar-refractivity contribution in [2.75, 3.05) is 5.32 Å². The third kappa shape index (κ3) is 3.03. The molecule has 88 valence electrons. The Morgan fingerprint density at radius 2 is 1.88 bits per heavy atom. The maximum Gasteiger partial charge on any atom is 0.223 e. The first-order valence-corrected chi connectivity index (χ1v) is 5.90. The molecule has 3 heteroatoms. The topological polar surface area (TPSA) is 37.8 Å². The SMILES string of the molecule is CCc1ccccc1CNc1nccc(C)n1. The first kappa shape index (κ1) is 11.6. The minimum atomic E-state index is 0.691. The summed E-state index contributed by atoms with van der Waals surface area (Å²) in [5, 5.41) is 3.25. The zero-order valence-corrected chi connectivity index (χ0v) is 10.3. The quantitative estimate of drug-likeness (QED) is 0.872. The van der Waals surface area contributed by atoms with Crippen LogP contribution >= 0.6 is 0 Å². The van der Waals surface area contributed by atoms with Gasteiger partial charge in [-0.3, -0.25) is 0 Å². The molecule has 1 aromatic carbocycles. The van der Waals surface area contributed by atoms with Crippen molar-refractivity contribution < 1.29 is 0 Å². The molecule has 0 atom stereocenters. The number of nitrogens with zero attached hydrogens (tertiary/aromatic N) is 2. The molecule has 17 heavy (non-hydrogen) atoms. The highest BCUT2D eigenvalue weighted by Gasteiger charge is 2.00. The van der Waals surface area contributed by atoms with Gasteiger partial charge in [-0.2, -0.15) is 0 Å². The molecule has 1 heterocycles. The number of anilines is 1. The summed E-state index contributed by atoms with van der Waals surface area (Å²) in [6, 6.07) is 10.3. The van der Waals surface area contributed by atoms with Gasteiger partial charge < -0.3 is 5.32 Å². The number of benzene rings is 1. The summed E-state index contributed by atoms with van der Waals surface area (Å²) in [6.45, 7) is 4.91. The maximum atomic E-state index is 4.32. The summed E-state index contributed by atoms with van der Waals surface area (Å²) in [7, 11) is 0. The van der Waals surface area contributed by atoms with Gasteiger partial charge >= 0.3 is 0 Å². The lowest BCUT2D eigenvalue weighted by Crippen LogP contribution is -2.05. The number of hydrogen-bond donors (Lipinski definition) is 1. The number of aryl methyl sites for hydroxylation is 2. The fraction of sp³-hybridized carbons (Fsp3) is 0.286. The van der Waals surface area contributed by atoms with Gasteiger partial charge in [-0.1, -0.05) is 31.2 Å². The number of nitrogens with one attached hydrogen (secondary N) is 1. The van der Waals surface area contributed by atoms with E-state index in [1.807, 2.05) is 13.0 Å². The van der Waals surface area contributed by atoms with Gasteiger partial charge in [0.2, 0.25) is 5.95 Å². The molecule has 2 aromatic rings. The number of aromatic nitrogens is 2. The van der Waals surface area contributed by atoms with Gasteiger partial charge in [-0.05, 0) is 30.5 Å². The second kappa shape index (κ2) is 5.43. The Hall–Kier alpha value is -1.90. The van der Waals surface area contributed by atoms with Crippen molar-refractivity contribution in [3.8, 4) is 0 Å². The van der Waals surface area contributed by atoms with E-state index in [2.05, 4.69) is 46.5 Å². The van der Waals surface area contributed by atoms with Gasteiger partial charge in [0.05, 0.1) is 0 Å². The largest absolute Gasteiger partial charge is 0.350 e. The van der Waals surface area contributed by atoms with Crippen molar-refractivity contribution in [1.82, 2.24) is 9.97 Å². The van der Waals surface area contributed by atoms with Crippen molar-refractivity contribution in [1.29, 1.82) is 0 Å². The van der Waals surface area contributed by atoms with Crippen LogP contribution in [0.1, 0.15) is 23.7 Å². The Morgan fingerprint density at radius 3 is 2.59 bits per heavy atom. The first-order chi connectivity index (χ1) is 8.29. The van der Waals surface area contributed by atoms with Gasteiger partial charge in [0, 0.05) is 18.4 Å². The molecular formula is C14H17N3. The summed E-state index contributed by atoms with van der Waals surface area (Å²) in [4.78, 5) is 8.51. The third-order valence-electron chi connectivity index (χ3n) is 2.73. The molecule has 0 fully saturated rings. The summed E-state index contributed by atoms with van der Waals surface area (Å²) >= 11 is 0. The van der Waals surface area contributed by atoms with E-state index in [9.17, 15) is 0 Å². The lowest BCUT2D eigenvalue weighted by molar-refractivity contribution is 0.998. The van der Waals surface area contributed by atoms with Crippen LogP contribution in [0.4, 0.5) is 5.95 Å². The van der Waals surface area contributed by atoms with Crippen LogP contribution in [-0.4, -0.2) is 9.97 Å². The van der Waals surface area contributed by atoms with Crippen molar-refractivity contribution in [3.63, 3.8) is 0 Å². The molecule has 0 radical (unpaired) electrons. The smallest absolute Gasteiger partial charge is 0.223 e. The Bertz CT molecular complexity index is 494. The highest BCUT2D eigenvalue weighted by molar-refractivity contribution is 5.32. The van der Waals surface area contributed by atoms with Gasteiger partial charge in [0.1, 0.15) is 0 Å². The maximum absolute atomic E-state index is 4.32. The van der Waals surface area contributed by atoms with Crippen molar-refractivity contribution >= 4 is 5.95 Å². The molecule has 0 aliphatic heterocycles. The molecule has 1 N–H and O–H groups in total. The molecule has 0 unspecified atom stereocenters. The molecule has 3 nitrogen and oxygen atoms in total. The molecular weight excluding hydrogens is 210 g/mol. The van der Waals surface area contributed by atoms with Crippen LogP contribution in [0.25, 0.3) is 0 Å². The Balaban J connectivity index is 2.07. The van der Waals surface area contributed by atoms with Gasteiger partial charge in [-0.15, -0.1) is 0 Å². The molecule has 0 saturated carbocycles. The zero-order valence-electron chi connectivity index (χ0n) is 10.3. The Morgan fingerprint density at radius 1 is 1.12 bits per heavy atom. The minimum absolute atomic E-state index is 0.691. The van der Waals surface area contributed by atoms with Crippen LogP contribution in [0.3, 0.4) is 0 Å². The highest BCUT2D eigenvalue weighted by Crippen LogP contribution is 2.11. The van der Waals surface area contributed by atoms with Crippen molar-refractivity contribution in [3.05, 3.63) is 53.3 Å². The molecule has 0 aliphatic rings. The van der Waals surface area contributed by atoms with E-state index in [-0.39, 0.29) is 0 Å². The van der Waals surface area contributed by atoms with Crippen LogP contribution < -0.4 is 5.32 Å². The van der Waals surface area contributed by atoms with E-state index < -0.39 is 0 Å². The van der Waals surface area contributed by atoms with Crippen LogP contribution in [-0.2, 0) is 13.0 Å². The number of hydrogen-bond acceptors (Lipinski definition) is 3. The van der Waals surface area contributed by atoms with Gasteiger partial charge in [-0.25, -0.2) is 9.97 Å². The lowest BCUT2D eigenvalue weighted by Gasteiger charge is -2.09. The predicted octanol–water partition coefficient (Wildman–Crippen LogP) is 2.96. The van der Waals surface area contributed by atoms with E-state index in [1.54, 1.807) is 6.20 Å². The summed E-state index contributed by atoms with van der Waals surface area (Å²) in [5.41, 5.74) is 3.65. The van der Waals surface area contributed by atoms with E-state index >= 15 is 0 Å². The van der Waals surface area contributed by atoms with Crippen LogP contribution in [0.15, 0.2) is 36.5 Å². The Kier molecular flexibility index (Phi) is 3.70. The standard InChI is InChI=1S/C14H17N3/c1-3-12-6-4-5-7-13(12)10-16-14-15-9-8-11(2)17-14/h4-9H,3,10H2,1-2H3,(H,15,16,17). The minimum Gasteiger partial charge on any atom is -0.350 e. The molecule has 2 rings (SSSR count). The van der Waals surface area contributed by atoms with Gasteiger partial charge in [0.25, 0.3) is 0 Å². The molecule has 0 bridgehead atoms. The second-order valence-electron chi connectivity index (χ2n) is 4.00. The average molecular weight is 227 g/mol. The predicted molar refractivity (Wildman–Crippen MR) is 69.9 cm³/mol. The van der Waals surface area contributed by atoms with E-state index in [0.29, 0.717) is 5.95 Å². The summed E-state index contributed by atoms with van der Waals surface area (Å²) in [5.74, 6) is 0.691. The fourth-order valence-corrected chi connectivity index (χ4v) is 1.78. The zero-order chi connectivity index (χ0) is 12.1. The van der Waals surface area contributed by atoms with Crippen molar-refractivity contribution in [2.24, 2.45) is 0 Å². The van der Waals surface area contributed by atoms with Gasteiger partial charge in [0.15, 0.2) is 0 Å². The Labute approximate surface area is 102 Å². The highest BCUT2D eigenvalue weighted by atomic mass is 15.1. The fourth-order valence-electron chi connectivity index (χ4n) is 1.78. The number of rotatable bonds is 4. The normalized spacial score (nSPS) is 10.2. The first-order valence-electron chi connectivity index (χ1n) is 5.90. The monoisotopic (exact) mass is 227 g/mol. The van der Waals surface area contributed by atoms with Crippen molar-refractivity contribution in [2.45, 2.75) is 26.8 Å². The van der Waals surface area contributed by atoms with Crippen LogP contribution in [0.5, 0.6) is 0 Å². The van der Waals surface area contributed by atoms with Crippen LogP contribution in [0.2, 0.25) is 0 Å². The van der Waals surface area contributed by atoms with Crippen LogP contribution in [0, 0.1) is 6.92 Å². The molecule has 0 amide bonds. The molecule has 1 aromatic heterocycles. The van der Waals surface area contributed by atoms with E-state index in [0.717, 1.165) is 18.7 Å². The summed E-state index contributed by atoms with van der Waals surface area (Å²) < 4.78 is 0. The average Bonchev–Trinajstić information content (AvgIpc) is 2.37. The molecule has 0 aliphatic carbocycles. The van der Waals surface area contributed by atoms with E-state index in [4.69, 9.17) is 0 Å². The molecule has 0 saturated heterocycles. The third-order valence-corrected chi connectivity index (χ3v) is 2.73. The summed E-state index contributed by atoms with van der Waals surface area (Å²) in [6.07, 6.45) is 2.82. The van der Waals surface area contributed by atoms with E-state index in [1.165, 1.54) is 11.1 Å².